The molecule has 1 heterocycles. The largest absolute Gasteiger partial charge is 0.340 e. The van der Waals surface area contributed by atoms with Gasteiger partial charge in [-0.25, -0.2) is 0 Å². The number of nitrogens with zero attached hydrogens (tertiary/aromatic N) is 1. The van der Waals surface area contributed by atoms with E-state index in [1.54, 1.807) is 0 Å². The third-order valence-corrected chi connectivity index (χ3v) is 3.36. The van der Waals surface area contributed by atoms with Crippen LogP contribution in [0.1, 0.15) is 59.3 Å². The van der Waals surface area contributed by atoms with Crippen molar-refractivity contribution in [3.63, 3.8) is 0 Å². The molecule has 3 heteroatoms. The molecule has 0 radical (unpaired) electrons. The smallest absolute Gasteiger partial charge is 0.222 e. The number of rotatable bonds is 3. The van der Waals surface area contributed by atoms with Gasteiger partial charge in [-0.05, 0) is 40.0 Å². The summed E-state index contributed by atoms with van der Waals surface area (Å²) in [6.45, 7) is 7.06. The maximum absolute atomic E-state index is 12.1. The van der Waals surface area contributed by atoms with Gasteiger partial charge in [-0.3, -0.25) is 4.79 Å². The molecule has 1 atom stereocenters. The van der Waals surface area contributed by atoms with Gasteiger partial charge in [-0.1, -0.05) is 12.8 Å². The second-order valence-corrected chi connectivity index (χ2v) is 5.77. The maximum Gasteiger partial charge on any atom is 0.222 e. The summed E-state index contributed by atoms with van der Waals surface area (Å²) in [5.41, 5.74) is 5.68. The van der Waals surface area contributed by atoms with E-state index in [4.69, 9.17) is 5.73 Å². The summed E-state index contributed by atoms with van der Waals surface area (Å²) in [5.74, 6) is 0.285. The molecule has 3 nitrogen and oxygen atoms in total. The first-order chi connectivity index (χ1) is 7.40. The van der Waals surface area contributed by atoms with Crippen LogP contribution in [0.2, 0.25) is 0 Å². The van der Waals surface area contributed by atoms with Gasteiger partial charge in [0.05, 0.1) is 0 Å². The number of nitrogens with two attached hydrogens (primary N) is 1. The van der Waals surface area contributed by atoms with Gasteiger partial charge in [0, 0.05) is 24.5 Å². The Morgan fingerprint density at radius 1 is 1.38 bits per heavy atom. The molecule has 0 spiro atoms. The molecule has 0 saturated carbocycles. The van der Waals surface area contributed by atoms with E-state index in [1.807, 2.05) is 13.8 Å². The number of carbonyl (C=O) groups is 1. The third-order valence-electron chi connectivity index (χ3n) is 3.36. The van der Waals surface area contributed by atoms with Gasteiger partial charge in [0.25, 0.3) is 0 Å². The highest BCUT2D eigenvalue weighted by atomic mass is 16.2. The molecule has 1 amide bonds. The quantitative estimate of drug-likeness (QED) is 0.802. The highest BCUT2D eigenvalue weighted by Crippen LogP contribution is 2.18. The zero-order valence-electron chi connectivity index (χ0n) is 11.0. The lowest BCUT2D eigenvalue weighted by atomic mass is 9.99. The van der Waals surface area contributed by atoms with E-state index in [1.165, 1.54) is 12.8 Å². The van der Waals surface area contributed by atoms with Crippen LogP contribution >= 0.6 is 0 Å². The standard InChI is InChI=1S/C13H26N2O/c1-11-7-5-4-6-10-15(11)12(16)8-9-13(2,3)14/h11H,4-10,14H2,1-3H3. The lowest BCUT2D eigenvalue weighted by molar-refractivity contribution is -0.133. The van der Waals surface area contributed by atoms with Gasteiger partial charge >= 0.3 is 0 Å². The molecule has 0 aromatic rings. The lowest BCUT2D eigenvalue weighted by Crippen LogP contribution is -2.40. The van der Waals surface area contributed by atoms with Gasteiger partial charge < -0.3 is 10.6 Å². The van der Waals surface area contributed by atoms with Crippen LogP contribution in [0.15, 0.2) is 0 Å². The van der Waals surface area contributed by atoms with Crippen LogP contribution in [-0.4, -0.2) is 28.9 Å². The minimum absolute atomic E-state index is 0.231. The molecule has 2 N–H and O–H groups in total. The Morgan fingerprint density at radius 2 is 2.06 bits per heavy atom. The first-order valence-corrected chi connectivity index (χ1v) is 6.48. The number of amides is 1. The van der Waals surface area contributed by atoms with Gasteiger partial charge in [-0.15, -0.1) is 0 Å². The summed E-state index contributed by atoms with van der Waals surface area (Å²) >= 11 is 0. The Labute approximate surface area is 99.4 Å². The molecule has 1 aliphatic heterocycles. The van der Waals surface area contributed by atoms with Crippen LogP contribution in [0, 0.1) is 0 Å². The van der Waals surface area contributed by atoms with E-state index < -0.39 is 0 Å². The Morgan fingerprint density at radius 3 is 2.69 bits per heavy atom. The average molecular weight is 226 g/mol. The summed E-state index contributed by atoms with van der Waals surface area (Å²) in [7, 11) is 0. The molecule has 1 rings (SSSR count). The van der Waals surface area contributed by atoms with Crippen LogP contribution in [0.5, 0.6) is 0 Å². The van der Waals surface area contributed by atoms with E-state index in [9.17, 15) is 4.79 Å². The van der Waals surface area contributed by atoms with E-state index in [0.29, 0.717) is 12.5 Å². The van der Waals surface area contributed by atoms with Crippen LogP contribution in [0.4, 0.5) is 0 Å². The molecule has 0 bridgehead atoms. The van der Waals surface area contributed by atoms with Crippen molar-refractivity contribution in [2.24, 2.45) is 5.73 Å². The molecule has 16 heavy (non-hydrogen) atoms. The van der Waals surface area contributed by atoms with E-state index in [2.05, 4.69) is 11.8 Å². The molecular weight excluding hydrogens is 200 g/mol. The first-order valence-electron chi connectivity index (χ1n) is 6.48. The molecule has 0 aromatic carbocycles. The van der Waals surface area contributed by atoms with Crippen molar-refractivity contribution >= 4 is 5.91 Å². The summed E-state index contributed by atoms with van der Waals surface area (Å²) in [4.78, 5) is 14.1. The highest BCUT2D eigenvalue weighted by Gasteiger charge is 2.23. The predicted molar refractivity (Wildman–Crippen MR) is 67.1 cm³/mol. The van der Waals surface area contributed by atoms with Crippen molar-refractivity contribution in [2.45, 2.75) is 70.9 Å². The van der Waals surface area contributed by atoms with Crippen LogP contribution in [-0.2, 0) is 4.79 Å². The van der Waals surface area contributed by atoms with Crippen LogP contribution in [0.25, 0.3) is 0 Å². The first kappa shape index (κ1) is 13.5. The minimum Gasteiger partial charge on any atom is -0.340 e. The third kappa shape index (κ3) is 4.52. The van der Waals surface area contributed by atoms with E-state index in [0.717, 1.165) is 25.8 Å². The molecule has 0 aromatic heterocycles. The van der Waals surface area contributed by atoms with Crippen molar-refractivity contribution in [2.75, 3.05) is 6.54 Å². The second kappa shape index (κ2) is 5.67. The molecule has 1 fully saturated rings. The molecule has 1 saturated heterocycles. The Hall–Kier alpha value is -0.570. The normalized spacial score (nSPS) is 23.0. The van der Waals surface area contributed by atoms with Gasteiger partial charge in [0.2, 0.25) is 5.91 Å². The molecule has 1 unspecified atom stereocenters. The number of carbonyl (C=O) groups excluding carboxylic acids is 1. The van der Waals surface area contributed by atoms with Crippen molar-refractivity contribution in [1.82, 2.24) is 4.90 Å². The van der Waals surface area contributed by atoms with E-state index >= 15 is 0 Å². The zero-order valence-corrected chi connectivity index (χ0v) is 11.0. The monoisotopic (exact) mass is 226 g/mol. The average Bonchev–Trinajstić information content (AvgIpc) is 2.38. The Bertz CT molecular complexity index is 233. The highest BCUT2D eigenvalue weighted by molar-refractivity contribution is 5.76. The zero-order chi connectivity index (χ0) is 12.2. The summed E-state index contributed by atoms with van der Waals surface area (Å²) in [6.07, 6.45) is 6.19. The second-order valence-electron chi connectivity index (χ2n) is 5.77. The van der Waals surface area contributed by atoms with Gasteiger partial charge in [0.15, 0.2) is 0 Å². The van der Waals surface area contributed by atoms with Crippen molar-refractivity contribution in [3.05, 3.63) is 0 Å². The SMILES string of the molecule is CC1CCCCCN1C(=O)CCC(C)(C)N. The topological polar surface area (TPSA) is 46.3 Å². The Kier molecular flexibility index (Phi) is 4.78. The van der Waals surface area contributed by atoms with Gasteiger partial charge in [0.1, 0.15) is 0 Å². The summed E-state index contributed by atoms with van der Waals surface area (Å²) < 4.78 is 0. The van der Waals surface area contributed by atoms with Crippen molar-refractivity contribution in [1.29, 1.82) is 0 Å². The maximum atomic E-state index is 12.1. The molecule has 94 valence electrons. The molecule has 1 aliphatic rings. The van der Waals surface area contributed by atoms with Crippen molar-refractivity contribution in [3.8, 4) is 0 Å². The number of likely N-dealkylation sites (tertiary alicyclic amines) is 1. The van der Waals surface area contributed by atoms with Crippen LogP contribution < -0.4 is 5.73 Å². The summed E-state index contributed by atoms with van der Waals surface area (Å²) in [5, 5.41) is 0. The molecular formula is C13H26N2O. The Balaban J connectivity index is 2.45. The fourth-order valence-corrected chi connectivity index (χ4v) is 2.22. The van der Waals surface area contributed by atoms with E-state index in [-0.39, 0.29) is 11.4 Å². The lowest BCUT2D eigenvalue weighted by Gasteiger charge is -2.28. The van der Waals surface area contributed by atoms with Crippen LogP contribution in [0.3, 0.4) is 0 Å². The van der Waals surface area contributed by atoms with Crippen molar-refractivity contribution < 1.29 is 4.79 Å². The molecule has 0 aliphatic carbocycles. The number of hydrogen-bond donors (Lipinski definition) is 1. The number of hydrogen-bond acceptors (Lipinski definition) is 2. The predicted octanol–water partition coefficient (Wildman–Crippen LogP) is 2.29. The fourth-order valence-electron chi connectivity index (χ4n) is 2.22. The fraction of sp³-hybridized carbons (Fsp3) is 0.923. The minimum atomic E-state index is -0.231. The van der Waals surface area contributed by atoms with Gasteiger partial charge in [-0.2, -0.15) is 0 Å². The summed E-state index contributed by atoms with van der Waals surface area (Å²) in [6, 6.07) is 0.413.